The zero-order valence-corrected chi connectivity index (χ0v) is 15.4. The summed E-state index contributed by atoms with van der Waals surface area (Å²) >= 11 is 0. The van der Waals surface area contributed by atoms with E-state index in [1.165, 1.54) is 25.3 Å². The van der Waals surface area contributed by atoms with Crippen LogP contribution in [0, 0.1) is 0 Å². The van der Waals surface area contributed by atoms with Crippen LogP contribution in [0.2, 0.25) is 0 Å². The number of aromatic carboxylic acids is 2. The molecule has 1 aliphatic heterocycles. The molecule has 1 saturated heterocycles. The Morgan fingerprint density at radius 1 is 1.00 bits per heavy atom. The van der Waals surface area contributed by atoms with Crippen molar-refractivity contribution in [2.24, 2.45) is 0 Å². The molecule has 0 unspecified atom stereocenters. The Hall–Kier alpha value is -3.35. The molecule has 0 aromatic heterocycles. The molecule has 1 aliphatic rings. The van der Waals surface area contributed by atoms with Crippen molar-refractivity contribution < 1.29 is 29.3 Å². The summed E-state index contributed by atoms with van der Waals surface area (Å²) < 4.78 is 5.12. The molecule has 0 spiro atoms. The van der Waals surface area contributed by atoms with E-state index in [1.54, 1.807) is 23.1 Å². The second-order valence-electron chi connectivity index (χ2n) is 6.78. The van der Waals surface area contributed by atoms with Gasteiger partial charge in [-0.2, -0.15) is 0 Å². The number of benzene rings is 2. The van der Waals surface area contributed by atoms with Gasteiger partial charge in [0.1, 0.15) is 5.75 Å². The highest BCUT2D eigenvalue weighted by Crippen LogP contribution is 2.29. The van der Waals surface area contributed by atoms with Crippen molar-refractivity contribution in [3.05, 3.63) is 64.7 Å². The molecule has 2 N–H and O–H groups in total. The summed E-state index contributed by atoms with van der Waals surface area (Å²) in [6.07, 6.45) is 1.63. The highest BCUT2D eigenvalue weighted by molar-refractivity contribution is 5.98. The zero-order chi connectivity index (χ0) is 20.3. The lowest BCUT2D eigenvalue weighted by Gasteiger charge is -2.33. The minimum atomic E-state index is -1.13. The van der Waals surface area contributed by atoms with Crippen molar-refractivity contribution in [2.45, 2.75) is 18.8 Å². The first-order valence-electron chi connectivity index (χ1n) is 8.94. The second-order valence-corrected chi connectivity index (χ2v) is 6.78. The Balaban J connectivity index is 1.83. The Morgan fingerprint density at radius 3 is 2.39 bits per heavy atom. The summed E-state index contributed by atoms with van der Waals surface area (Å²) in [5.74, 6) is -2.04. The summed E-state index contributed by atoms with van der Waals surface area (Å²) in [5, 5.41) is 18.4. The van der Waals surface area contributed by atoms with Gasteiger partial charge >= 0.3 is 11.9 Å². The molecule has 1 fully saturated rings. The van der Waals surface area contributed by atoms with E-state index in [4.69, 9.17) is 4.74 Å². The zero-order valence-electron chi connectivity index (χ0n) is 15.4. The molecule has 0 radical (unpaired) electrons. The number of hydrogen-bond acceptors (Lipinski definition) is 4. The molecular weight excluding hydrogens is 362 g/mol. The number of methoxy groups -OCH3 is 1. The van der Waals surface area contributed by atoms with Crippen LogP contribution >= 0.6 is 0 Å². The summed E-state index contributed by atoms with van der Waals surface area (Å²) in [4.78, 5) is 37.2. The highest BCUT2D eigenvalue weighted by atomic mass is 16.5. The number of carbonyl (C=O) groups is 3. The molecule has 7 nitrogen and oxygen atoms in total. The standard InChI is InChI=1S/C21H21NO6/c1-28-18-10-16(9-17(11-18)21(26)27)19(23)22-7-3-6-15(12-22)13-4-2-5-14(8-13)20(24)25/h2,4-5,8-11,15H,3,6-7,12H2,1H3,(H,24,25)(H,26,27)/t15-/m1/s1. The predicted molar refractivity (Wildman–Crippen MR) is 101 cm³/mol. The number of likely N-dealkylation sites (tertiary alicyclic amines) is 1. The fourth-order valence-corrected chi connectivity index (χ4v) is 3.51. The van der Waals surface area contributed by atoms with Gasteiger partial charge in [0, 0.05) is 24.6 Å². The van der Waals surface area contributed by atoms with E-state index in [-0.39, 0.29) is 28.5 Å². The topological polar surface area (TPSA) is 104 Å². The van der Waals surface area contributed by atoms with Gasteiger partial charge < -0.3 is 19.8 Å². The molecule has 2 aromatic carbocycles. The number of ether oxygens (including phenoxy) is 1. The van der Waals surface area contributed by atoms with E-state index in [1.807, 2.05) is 6.07 Å². The van der Waals surface area contributed by atoms with Crippen LogP contribution in [0.25, 0.3) is 0 Å². The number of hydrogen-bond donors (Lipinski definition) is 2. The van der Waals surface area contributed by atoms with Crippen molar-refractivity contribution in [1.29, 1.82) is 0 Å². The third-order valence-electron chi connectivity index (χ3n) is 4.95. The summed E-state index contributed by atoms with van der Waals surface area (Å²) in [7, 11) is 1.42. The highest BCUT2D eigenvalue weighted by Gasteiger charge is 2.27. The van der Waals surface area contributed by atoms with Crippen LogP contribution in [0.3, 0.4) is 0 Å². The van der Waals surface area contributed by atoms with Crippen molar-refractivity contribution in [1.82, 2.24) is 4.90 Å². The van der Waals surface area contributed by atoms with Crippen LogP contribution in [0.15, 0.2) is 42.5 Å². The largest absolute Gasteiger partial charge is 0.497 e. The molecular formula is C21H21NO6. The SMILES string of the molecule is COc1cc(C(=O)O)cc(C(=O)N2CCC[C@@H](c3cccc(C(=O)O)c3)C2)c1. The number of amides is 1. The number of nitrogens with zero attached hydrogens (tertiary/aromatic N) is 1. The van der Waals surface area contributed by atoms with Gasteiger partial charge in [0.15, 0.2) is 0 Å². The molecule has 3 rings (SSSR count). The minimum absolute atomic E-state index is 0.00887. The van der Waals surface area contributed by atoms with Gasteiger partial charge in [-0.1, -0.05) is 12.1 Å². The molecule has 0 aliphatic carbocycles. The monoisotopic (exact) mass is 383 g/mol. The molecule has 0 saturated carbocycles. The summed E-state index contributed by atoms with van der Waals surface area (Å²) in [6, 6.07) is 11.0. The van der Waals surface area contributed by atoms with E-state index >= 15 is 0 Å². The number of rotatable bonds is 5. The van der Waals surface area contributed by atoms with Crippen LogP contribution in [0.5, 0.6) is 5.75 Å². The van der Waals surface area contributed by atoms with Gasteiger partial charge in [-0.3, -0.25) is 4.79 Å². The molecule has 1 amide bonds. The Bertz CT molecular complexity index is 923. The first kappa shape index (κ1) is 19.4. The minimum Gasteiger partial charge on any atom is -0.497 e. The average Bonchev–Trinajstić information content (AvgIpc) is 2.72. The van der Waals surface area contributed by atoms with E-state index in [0.717, 1.165) is 18.4 Å². The Morgan fingerprint density at radius 2 is 1.71 bits per heavy atom. The lowest BCUT2D eigenvalue weighted by molar-refractivity contribution is 0.0681. The van der Waals surface area contributed by atoms with Crippen LogP contribution < -0.4 is 4.74 Å². The third-order valence-corrected chi connectivity index (χ3v) is 4.95. The maximum atomic E-state index is 13.0. The van der Waals surface area contributed by atoms with Crippen LogP contribution in [-0.2, 0) is 0 Å². The Kier molecular flexibility index (Phi) is 5.63. The molecule has 7 heteroatoms. The van der Waals surface area contributed by atoms with Crippen LogP contribution in [0.4, 0.5) is 0 Å². The van der Waals surface area contributed by atoms with Crippen molar-refractivity contribution in [2.75, 3.05) is 20.2 Å². The molecule has 1 heterocycles. The van der Waals surface area contributed by atoms with E-state index < -0.39 is 11.9 Å². The number of carbonyl (C=O) groups excluding carboxylic acids is 1. The summed E-state index contributed by atoms with van der Waals surface area (Å²) in [5.41, 5.74) is 1.36. The van der Waals surface area contributed by atoms with Gasteiger partial charge in [0.05, 0.1) is 18.2 Å². The van der Waals surface area contributed by atoms with Crippen molar-refractivity contribution in [3.63, 3.8) is 0 Å². The molecule has 2 aromatic rings. The van der Waals surface area contributed by atoms with Gasteiger partial charge in [0.2, 0.25) is 0 Å². The summed E-state index contributed by atoms with van der Waals surface area (Å²) in [6.45, 7) is 1.01. The maximum Gasteiger partial charge on any atom is 0.335 e. The Labute approximate surface area is 162 Å². The average molecular weight is 383 g/mol. The molecule has 1 atom stereocenters. The van der Waals surface area contributed by atoms with E-state index in [0.29, 0.717) is 18.8 Å². The quantitative estimate of drug-likeness (QED) is 0.822. The fourth-order valence-electron chi connectivity index (χ4n) is 3.51. The maximum absolute atomic E-state index is 13.0. The first-order chi connectivity index (χ1) is 13.4. The molecule has 0 bridgehead atoms. The van der Waals surface area contributed by atoms with E-state index in [2.05, 4.69) is 0 Å². The van der Waals surface area contributed by atoms with Crippen LogP contribution in [-0.4, -0.2) is 53.2 Å². The van der Waals surface area contributed by atoms with Crippen molar-refractivity contribution in [3.8, 4) is 5.75 Å². The van der Waals surface area contributed by atoms with Gasteiger partial charge in [0.25, 0.3) is 5.91 Å². The second kappa shape index (κ2) is 8.12. The van der Waals surface area contributed by atoms with Gasteiger partial charge in [-0.25, -0.2) is 9.59 Å². The predicted octanol–water partition coefficient (Wildman–Crippen LogP) is 3.11. The first-order valence-corrected chi connectivity index (χ1v) is 8.94. The lowest BCUT2D eigenvalue weighted by Crippen LogP contribution is -2.39. The van der Waals surface area contributed by atoms with Crippen molar-refractivity contribution >= 4 is 17.8 Å². The lowest BCUT2D eigenvalue weighted by atomic mass is 9.89. The van der Waals surface area contributed by atoms with Gasteiger partial charge in [-0.05, 0) is 48.7 Å². The smallest absolute Gasteiger partial charge is 0.335 e. The molecule has 28 heavy (non-hydrogen) atoms. The third kappa shape index (κ3) is 4.14. The number of carboxylic acids is 2. The van der Waals surface area contributed by atoms with Crippen LogP contribution in [0.1, 0.15) is 55.4 Å². The van der Waals surface area contributed by atoms with Gasteiger partial charge in [-0.15, -0.1) is 0 Å². The number of carboxylic acid groups (broad SMARTS) is 2. The molecule has 146 valence electrons. The van der Waals surface area contributed by atoms with E-state index in [9.17, 15) is 24.6 Å². The normalized spacial score (nSPS) is 16.5. The number of piperidine rings is 1. The fraction of sp³-hybridized carbons (Fsp3) is 0.286.